The van der Waals surface area contributed by atoms with Crippen LogP contribution in [0, 0.1) is 11.8 Å². The quantitative estimate of drug-likeness (QED) is 0.417. The van der Waals surface area contributed by atoms with Gasteiger partial charge in [-0.3, -0.25) is 4.90 Å². The number of benzene rings is 1. The Bertz CT molecular complexity index is 389. The van der Waals surface area contributed by atoms with Gasteiger partial charge in [-0.2, -0.15) is 0 Å². The molecule has 0 radical (unpaired) electrons. The Kier molecular flexibility index (Phi) is 7.59. The molecule has 0 aliphatic rings. The first-order chi connectivity index (χ1) is 8.83. The van der Waals surface area contributed by atoms with Crippen LogP contribution in [0.25, 0.3) is 0 Å². The zero-order valence-electron chi connectivity index (χ0n) is 11.1. The van der Waals surface area contributed by atoms with Gasteiger partial charge in [0, 0.05) is 12.8 Å². The summed E-state index contributed by atoms with van der Waals surface area (Å²) in [6, 6.07) is 10.5. The maximum atomic E-state index is 10.1. The fraction of sp³-hybridized carbons (Fsp3) is 0.438. The molecule has 1 aromatic rings. The second-order valence-corrected chi connectivity index (χ2v) is 4.39. The van der Waals surface area contributed by atoms with E-state index in [2.05, 4.69) is 48.1 Å². The van der Waals surface area contributed by atoms with Gasteiger partial charge in [-0.15, -0.1) is 5.92 Å². The lowest BCUT2D eigenvalue weighted by Gasteiger charge is -2.12. The van der Waals surface area contributed by atoms with Gasteiger partial charge in [-0.25, -0.2) is 0 Å². The van der Waals surface area contributed by atoms with Gasteiger partial charge in [-0.1, -0.05) is 36.3 Å². The molecule has 0 spiro atoms. The van der Waals surface area contributed by atoms with Gasteiger partial charge in [0.1, 0.15) is 6.29 Å². The molecular weight excluding hydrogens is 222 g/mol. The molecule has 0 N–H and O–H groups in total. The summed E-state index contributed by atoms with van der Waals surface area (Å²) in [4.78, 5) is 12.3. The molecule has 18 heavy (non-hydrogen) atoms. The number of aryl methyl sites for hydroxylation is 1. The van der Waals surface area contributed by atoms with Crippen LogP contribution in [0.3, 0.4) is 0 Å². The molecule has 1 rings (SSSR count). The third-order valence-electron chi connectivity index (χ3n) is 2.71. The van der Waals surface area contributed by atoms with Crippen molar-refractivity contribution >= 4 is 6.29 Å². The molecule has 0 fully saturated rings. The first kappa shape index (κ1) is 14.5. The number of hydrogen-bond acceptors (Lipinski definition) is 2. The van der Waals surface area contributed by atoms with Gasteiger partial charge >= 0.3 is 0 Å². The molecule has 0 unspecified atom stereocenters. The average Bonchev–Trinajstić information content (AvgIpc) is 2.40. The molecule has 0 aliphatic heterocycles. The van der Waals surface area contributed by atoms with Gasteiger partial charge < -0.3 is 4.79 Å². The van der Waals surface area contributed by atoms with Gasteiger partial charge in [-0.05, 0) is 32.0 Å². The highest BCUT2D eigenvalue weighted by molar-refractivity contribution is 5.49. The van der Waals surface area contributed by atoms with Crippen LogP contribution in [0.4, 0.5) is 0 Å². The number of carbonyl (C=O) groups is 1. The van der Waals surface area contributed by atoms with E-state index in [0.29, 0.717) is 12.8 Å². The first-order valence-electron chi connectivity index (χ1n) is 6.44. The van der Waals surface area contributed by atoms with Crippen molar-refractivity contribution in [3.63, 3.8) is 0 Å². The zero-order valence-corrected chi connectivity index (χ0v) is 11.1. The maximum Gasteiger partial charge on any atom is 0.120 e. The zero-order chi connectivity index (χ0) is 13.1. The van der Waals surface area contributed by atoms with Crippen molar-refractivity contribution in [1.29, 1.82) is 0 Å². The highest BCUT2D eigenvalue weighted by atomic mass is 16.1. The van der Waals surface area contributed by atoms with E-state index in [1.165, 1.54) is 5.56 Å². The van der Waals surface area contributed by atoms with Gasteiger partial charge in [0.15, 0.2) is 0 Å². The molecule has 96 valence electrons. The second kappa shape index (κ2) is 9.44. The van der Waals surface area contributed by atoms with Gasteiger partial charge in [0.25, 0.3) is 0 Å². The van der Waals surface area contributed by atoms with Gasteiger partial charge in [0.05, 0.1) is 6.54 Å². The summed E-state index contributed by atoms with van der Waals surface area (Å²) in [5, 5.41) is 0. The molecule has 1 aromatic carbocycles. The maximum absolute atomic E-state index is 10.1. The summed E-state index contributed by atoms with van der Waals surface area (Å²) in [6.45, 7) is 1.84. The normalized spacial score (nSPS) is 9.89. The van der Waals surface area contributed by atoms with Crippen molar-refractivity contribution in [2.45, 2.75) is 25.7 Å². The fourth-order valence-electron chi connectivity index (χ4n) is 1.69. The predicted molar refractivity (Wildman–Crippen MR) is 75.3 cm³/mol. The Morgan fingerprint density at radius 3 is 2.72 bits per heavy atom. The molecule has 0 aliphatic carbocycles. The molecule has 0 bridgehead atoms. The molecule has 0 saturated heterocycles. The van der Waals surface area contributed by atoms with Crippen LogP contribution in [0.5, 0.6) is 0 Å². The molecular formula is C16H21NO. The smallest absolute Gasteiger partial charge is 0.120 e. The number of nitrogens with zero attached hydrogens (tertiary/aromatic N) is 1. The van der Waals surface area contributed by atoms with Crippen LogP contribution in [0.1, 0.15) is 24.8 Å². The van der Waals surface area contributed by atoms with E-state index < -0.39 is 0 Å². The minimum absolute atomic E-state index is 0.546. The van der Waals surface area contributed by atoms with E-state index in [4.69, 9.17) is 0 Å². The Morgan fingerprint density at radius 2 is 2.00 bits per heavy atom. The monoisotopic (exact) mass is 243 g/mol. The summed E-state index contributed by atoms with van der Waals surface area (Å²) < 4.78 is 0. The van der Waals surface area contributed by atoms with Crippen LogP contribution in [0.15, 0.2) is 30.3 Å². The summed E-state index contributed by atoms with van der Waals surface area (Å²) in [7, 11) is 2.08. The van der Waals surface area contributed by atoms with E-state index in [-0.39, 0.29) is 0 Å². The first-order valence-corrected chi connectivity index (χ1v) is 6.44. The fourth-order valence-corrected chi connectivity index (χ4v) is 1.69. The summed E-state index contributed by atoms with van der Waals surface area (Å²) >= 11 is 0. The second-order valence-electron chi connectivity index (χ2n) is 4.39. The Balaban J connectivity index is 2.11. The van der Waals surface area contributed by atoms with Crippen LogP contribution in [-0.4, -0.2) is 31.3 Å². The summed E-state index contributed by atoms with van der Waals surface area (Å²) in [5.74, 6) is 6.09. The topological polar surface area (TPSA) is 20.3 Å². The molecule has 0 amide bonds. The molecule has 0 saturated carbocycles. The number of aldehydes is 1. The lowest BCUT2D eigenvalue weighted by atomic mass is 10.1. The predicted octanol–water partition coefficient (Wildman–Crippen LogP) is 2.53. The number of hydrogen-bond donors (Lipinski definition) is 0. The summed E-state index contributed by atoms with van der Waals surface area (Å²) in [6.07, 6.45) is 4.41. The van der Waals surface area contributed by atoms with Crippen LogP contribution in [-0.2, 0) is 11.2 Å². The third-order valence-corrected chi connectivity index (χ3v) is 2.71. The molecule has 2 heteroatoms. The Labute approximate surface area is 110 Å². The van der Waals surface area contributed by atoms with E-state index in [1.54, 1.807) is 0 Å². The van der Waals surface area contributed by atoms with Crippen LogP contribution >= 0.6 is 0 Å². The van der Waals surface area contributed by atoms with E-state index in [0.717, 1.165) is 32.2 Å². The van der Waals surface area contributed by atoms with Crippen molar-refractivity contribution in [2.75, 3.05) is 20.1 Å². The largest absolute Gasteiger partial charge is 0.303 e. The highest BCUT2D eigenvalue weighted by Gasteiger charge is 1.96. The molecule has 0 aromatic heterocycles. The minimum Gasteiger partial charge on any atom is -0.303 e. The number of carbonyl (C=O) groups excluding carboxylic acids is 1. The third kappa shape index (κ3) is 6.88. The van der Waals surface area contributed by atoms with E-state index in [9.17, 15) is 4.79 Å². The number of rotatable bonds is 7. The molecule has 2 nitrogen and oxygen atoms in total. The van der Waals surface area contributed by atoms with Crippen molar-refractivity contribution in [2.24, 2.45) is 0 Å². The molecule has 0 atom stereocenters. The van der Waals surface area contributed by atoms with Gasteiger partial charge in [0.2, 0.25) is 0 Å². The average molecular weight is 243 g/mol. The van der Waals surface area contributed by atoms with E-state index in [1.807, 2.05) is 6.07 Å². The van der Waals surface area contributed by atoms with Crippen molar-refractivity contribution in [3.05, 3.63) is 35.9 Å². The van der Waals surface area contributed by atoms with Crippen molar-refractivity contribution in [1.82, 2.24) is 4.90 Å². The van der Waals surface area contributed by atoms with Crippen molar-refractivity contribution in [3.8, 4) is 11.8 Å². The Morgan fingerprint density at radius 1 is 1.22 bits per heavy atom. The number of unbranched alkanes of at least 4 members (excludes halogenated alkanes) is 1. The van der Waals surface area contributed by atoms with Crippen LogP contribution in [0.2, 0.25) is 0 Å². The minimum atomic E-state index is 0.546. The summed E-state index contributed by atoms with van der Waals surface area (Å²) in [5.41, 5.74) is 1.39. The molecule has 0 heterocycles. The highest BCUT2D eigenvalue weighted by Crippen LogP contribution is 2.02. The SMILES string of the molecule is CN(CC#CCCC=O)CCCc1ccccc1. The van der Waals surface area contributed by atoms with Crippen LogP contribution < -0.4 is 0 Å². The van der Waals surface area contributed by atoms with E-state index >= 15 is 0 Å². The lowest BCUT2D eigenvalue weighted by Crippen LogP contribution is -2.20. The standard InChI is InChI=1S/C16H21NO/c1-17(13-7-2-3-8-15-18)14-9-12-16-10-5-4-6-11-16/h4-6,10-11,15H,3,8-9,12-14H2,1H3. The lowest BCUT2D eigenvalue weighted by molar-refractivity contribution is -0.107. The Hall–Kier alpha value is -1.59. The van der Waals surface area contributed by atoms with Crippen molar-refractivity contribution < 1.29 is 4.79 Å².